The molecule has 0 saturated heterocycles. The molecule has 0 saturated carbocycles. The number of nitrogens with zero attached hydrogens (tertiary/aromatic N) is 1. The van der Waals surface area contributed by atoms with E-state index in [4.69, 9.17) is 14.7 Å². The summed E-state index contributed by atoms with van der Waals surface area (Å²) in [6, 6.07) is 6.91. The minimum absolute atomic E-state index is 0.0649. The molecule has 1 aliphatic heterocycles. The summed E-state index contributed by atoms with van der Waals surface area (Å²) < 4.78 is 10.4. The summed E-state index contributed by atoms with van der Waals surface area (Å²) in [7, 11) is -1.27. The van der Waals surface area contributed by atoms with Crippen molar-refractivity contribution >= 4 is 19.0 Å². The Morgan fingerprint density at radius 2 is 2.35 bits per heavy atom. The van der Waals surface area contributed by atoms with Gasteiger partial charge in [0.2, 0.25) is 5.91 Å². The lowest BCUT2D eigenvalue weighted by Crippen LogP contribution is -2.53. The summed E-state index contributed by atoms with van der Waals surface area (Å²) in [5.41, 5.74) is 0.948. The second kappa shape index (κ2) is 7.65. The number of nitrogens with one attached hydrogen (secondary N) is 1. The molecule has 2 N–H and O–H groups in total. The molecule has 120 valence electrons. The van der Waals surface area contributed by atoms with Crippen LogP contribution in [0, 0.1) is 11.3 Å². The summed E-state index contributed by atoms with van der Waals surface area (Å²) in [4.78, 5) is 23.6. The van der Waals surface area contributed by atoms with Gasteiger partial charge in [-0.15, -0.1) is 0 Å². The molecule has 1 atom stereocenters. The number of para-hydroxylation sites is 1. The highest BCUT2D eigenvalue weighted by Gasteiger charge is 2.37. The van der Waals surface area contributed by atoms with E-state index in [1.807, 2.05) is 6.07 Å². The highest BCUT2D eigenvalue weighted by Crippen LogP contribution is 2.30. The highest BCUT2D eigenvalue weighted by atomic mass is 16.5. The van der Waals surface area contributed by atoms with Crippen molar-refractivity contribution in [2.24, 2.45) is 0 Å². The van der Waals surface area contributed by atoms with Gasteiger partial charge in [0.25, 0.3) is 0 Å². The van der Waals surface area contributed by atoms with Gasteiger partial charge < -0.3 is 19.7 Å². The minimum atomic E-state index is -1.27. The second-order valence-corrected chi connectivity index (χ2v) is 5.06. The molecule has 7 nitrogen and oxygen atoms in total. The van der Waals surface area contributed by atoms with E-state index in [0.717, 1.165) is 0 Å². The molecule has 1 unspecified atom stereocenters. The van der Waals surface area contributed by atoms with Gasteiger partial charge in [-0.05, 0) is 25.0 Å². The standard InChI is InChI=1S/C15H17BN2O5/c1-2-22-15(20)11-6-3-5-10-9-12(16(21)23-14(10)11)18-13(19)7-4-8-17/h3,5-6,12,21H,2,4,7,9H2,1H3,(H,18,19). The zero-order valence-corrected chi connectivity index (χ0v) is 12.7. The number of nitriles is 1. The Balaban J connectivity index is 2.14. The average Bonchev–Trinajstić information content (AvgIpc) is 2.53. The molecule has 1 heterocycles. The highest BCUT2D eigenvalue weighted by molar-refractivity contribution is 6.47. The maximum Gasteiger partial charge on any atom is 0.547 e. The third-order valence-electron chi connectivity index (χ3n) is 3.42. The second-order valence-electron chi connectivity index (χ2n) is 5.06. The van der Waals surface area contributed by atoms with Crippen LogP contribution >= 0.6 is 0 Å². The molecule has 0 fully saturated rings. The van der Waals surface area contributed by atoms with Gasteiger partial charge in [0.15, 0.2) is 0 Å². The van der Waals surface area contributed by atoms with E-state index >= 15 is 0 Å². The van der Waals surface area contributed by atoms with Crippen LogP contribution in [0.4, 0.5) is 0 Å². The Labute approximate surface area is 134 Å². The summed E-state index contributed by atoms with van der Waals surface area (Å²) in [5, 5.41) is 21.2. The normalized spacial score (nSPS) is 15.9. The molecule has 0 spiro atoms. The van der Waals surface area contributed by atoms with E-state index in [-0.39, 0.29) is 36.7 Å². The Morgan fingerprint density at radius 1 is 1.57 bits per heavy atom. The van der Waals surface area contributed by atoms with Crippen LogP contribution in [0.1, 0.15) is 35.7 Å². The van der Waals surface area contributed by atoms with E-state index in [1.54, 1.807) is 25.1 Å². The number of carbonyl (C=O) groups is 2. The Bertz CT molecular complexity index is 643. The van der Waals surface area contributed by atoms with Crippen molar-refractivity contribution in [3.63, 3.8) is 0 Å². The minimum Gasteiger partial charge on any atom is -0.534 e. The van der Waals surface area contributed by atoms with Crippen LogP contribution in [-0.2, 0) is 16.0 Å². The van der Waals surface area contributed by atoms with Crippen molar-refractivity contribution in [1.29, 1.82) is 5.26 Å². The van der Waals surface area contributed by atoms with Gasteiger partial charge in [0.1, 0.15) is 11.3 Å². The van der Waals surface area contributed by atoms with Gasteiger partial charge in [-0.2, -0.15) is 5.26 Å². The van der Waals surface area contributed by atoms with Crippen molar-refractivity contribution in [1.82, 2.24) is 5.32 Å². The lowest BCUT2D eigenvalue weighted by atomic mass is 9.72. The van der Waals surface area contributed by atoms with Gasteiger partial charge in [0, 0.05) is 12.8 Å². The van der Waals surface area contributed by atoms with Crippen molar-refractivity contribution < 1.29 is 24.0 Å². The fourth-order valence-electron chi connectivity index (χ4n) is 2.37. The van der Waals surface area contributed by atoms with Crippen LogP contribution in [0.5, 0.6) is 5.75 Å². The molecular weight excluding hydrogens is 299 g/mol. The molecule has 1 aromatic carbocycles. The third-order valence-corrected chi connectivity index (χ3v) is 3.42. The van der Waals surface area contributed by atoms with E-state index in [9.17, 15) is 14.6 Å². The van der Waals surface area contributed by atoms with Crippen LogP contribution in [0.15, 0.2) is 18.2 Å². The van der Waals surface area contributed by atoms with Crippen LogP contribution in [0.25, 0.3) is 0 Å². The summed E-state index contributed by atoms with van der Waals surface area (Å²) >= 11 is 0. The van der Waals surface area contributed by atoms with Gasteiger partial charge >= 0.3 is 13.1 Å². The molecule has 2 rings (SSSR count). The lowest BCUT2D eigenvalue weighted by molar-refractivity contribution is -0.121. The fourth-order valence-corrected chi connectivity index (χ4v) is 2.37. The predicted octanol–water partition coefficient (Wildman–Crippen LogP) is 0.606. The zero-order chi connectivity index (χ0) is 16.8. The van der Waals surface area contributed by atoms with Gasteiger partial charge in [-0.1, -0.05) is 12.1 Å². The molecule has 8 heteroatoms. The van der Waals surface area contributed by atoms with Gasteiger partial charge in [0.05, 0.1) is 18.6 Å². The third kappa shape index (κ3) is 4.02. The summed E-state index contributed by atoms with van der Waals surface area (Å²) in [6.45, 7) is 1.94. The Kier molecular flexibility index (Phi) is 5.60. The Hall–Kier alpha value is -2.53. The molecule has 1 amide bonds. The first-order chi connectivity index (χ1) is 11.1. The monoisotopic (exact) mass is 316 g/mol. The first kappa shape index (κ1) is 16.8. The molecular formula is C15H17BN2O5. The van der Waals surface area contributed by atoms with Gasteiger partial charge in [-0.25, -0.2) is 4.79 Å². The average molecular weight is 316 g/mol. The first-order valence-electron chi connectivity index (χ1n) is 7.36. The number of rotatable bonds is 5. The number of hydrogen-bond acceptors (Lipinski definition) is 6. The van der Waals surface area contributed by atoms with E-state index in [2.05, 4.69) is 5.32 Å². The van der Waals surface area contributed by atoms with Crippen molar-refractivity contribution in [2.45, 2.75) is 32.1 Å². The maximum absolute atomic E-state index is 11.9. The fraction of sp³-hybridized carbons (Fsp3) is 0.400. The van der Waals surface area contributed by atoms with Crippen LogP contribution < -0.4 is 9.97 Å². The molecule has 0 aromatic heterocycles. The molecule has 1 aromatic rings. The molecule has 0 radical (unpaired) electrons. The predicted molar refractivity (Wildman–Crippen MR) is 81.5 cm³/mol. The smallest absolute Gasteiger partial charge is 0.534 e. The number of amides is 1. The summed E-state index contributed by atoms with van der Waals surface area (Å²) in [6.07, 6.45) is 0.497. The number of fused-ring (bicyclic) bond motifs is 1. The van der Waals surface area contributed by atoms with Crippen LogP contribution in [-0.4, -0.2) is 36.6 Å². The number of carbonyl (C=O) groups excluding carboxylic acids is 2. The number of hydrogen-bond donors (Lipinski definition) is 2. The zero-order valence-electron chi connectivity index (χ0n) is 12.7. The topological polar surface area (TPSA) is 109 Å². The molecule has 23 heavy (non-hydrogen) atoms. The van der Waals surface area contributed by atoms with Crippen LogP contribution in [0.3, 0.4) is 0 Å². The largest absolute Gasteiger partial charge is 0.547 e. The van der Waals surface area contributed by atoms with E-state index in [0.29, 0.717) is 12.0 Å². The number of ether oxygens (including phenoxy) is 1. The maximum atomic E-state index is 11.9. The number of esters is 1. The van der Waals surface area contributed by atoms with Crippen LogP contribution in [0.2, 0.25) is 0 Å². The van der Waals surface area contributed by atoms with E-state index < -0.39 is 19.0 Å². The quantitative estimate of drug-likeness (QED) is 0.608. The van der Waals surface area contributed by atoms with Crippen molar-refractivity contribution in [2.75, 3.05) is 6.61 Å². The SMILES string of the molecule is CCOC(=O)c1cccc2c1OB(O)C(NC(=O)CCC#N)C2. The Morgan fingerprint density at radius 3 is 3.04 bits per heavy atom. The van der Waals surface area contributed by atoms with E-state index in [1.165, 1.54) is 0 Å². The van der Waals surface area contributed by atoms with Crippen molar-refractivity contribution in [3.8, 4) is 11.8 Å². The number of benzene rings is 1. The van der Waals surface area contributed by atoms with Gasteiger partial charge in [-0.3, -0.25) is 4.79 Å². The molecule has 0 aliphatic carbocycles. The lowest BCUT2D eigenvalue weighted by Gasteiger charge is -2.29. The molecule has 0 bridgehead atoms. The molecule has 1 aliphatic rings. The first-order valence-corrected chi connectivity index (χ1v) is 7.36. The summed E-state index contributed by atoms with van der Waals surface area (Å²) in [5.74, 6) is -1.20. The van der Waals surface area contributed by atoms with Crippen molar-refractivity contribution in [3.05, 3.63) is 29.3 Å².